The van der Waals surface area contributed by atoms with Gasteiger partial charge >= 0.3 is 0 Å². The van der Waals surface area contributed by atoms with Gasteiger partial charge in [-0.3, -0.25) is 9.36 Å². The van der Waals surface area contributed by atoms with Crippen LogP contribution in [0.25, 0.3) is 22.6 Å². The van der Waals surface area contributed by atoms with E-state index >= 15 is 0 Å². The third kappa shape index (κ3) is 3.59. The summed E-state index contributed by atoms with van der Waals surface area (Å²) in [5, 5.41) is 12.0. The summed E-state index contributed by atoms with van der Waals surface area (Å²) in [6.07, 6.45) is 1.41. The summed E-state index contributed by atoms with van der Waals surface area (Å²) in [4.78, 5) is 21.5. The van der Waals surface area contributed by atoms with E-state index < -0.39 is 0 Å². The van der Waals surface area contributed by atoms with Crippen molar-refractivity contribution in [2.45, 2.75) is 20.0 Å². The van der Waals surface area contributed by atoms with Gasteiger partial charge in [0.05, 0.1) is 6.54 Å². The largest absolute Gasteiger partial charge is 0.337 e. The van der Waals surface area contributed by atoms with Gasteiger partial charge in [-0.05, 0) is 42.3 Å². The van der Waals surface area contributed by atoms with Crippen molar-refractivity contribution in [3.63, 3.8) is 0 Å². The van der Waals surface area contributed by atoms with Crippen LogP contribution < -0.4 is 5.56 Å². The van der Waals surface area contributed by atoms with Gasteiger partial charge in [0.2, 0.25) is 11.7 Å². The van der Waals surface area contributed by atoms with Crippen molar-refractivity contribution < 1.29 is 8.91 Å². The van der Waals surface area contributed by atoms with Gasteiger partial charge in [-0.25, -0.2) is 14.1 Å². The van der Waals surface area contributed by atoms with Crippen LogP contribution in [-0.4, -0.2) is 34.7 Å². The summed E-state index contributed by atoms with van der Waals surface area (Å²) in [6, 6.07) is 13.7. The van der Waals surface area contributed by atoms with E-state index in [1.54, 1.807) is 16.8 Å². The smallest absolute Gasteiger partial charge is 0.283 e. The number of fused-ring (bicyclic) bond motifs is 1. The fourth-order valence-corrected chi connectivity index (χ4v) is 3.24. The summed E-state index contributed by atoms with van der Waals surface area (Å²) in [5.74, 6) is 0.171. The maximum atomic E-state index is 13.1. The number of halogens is 1. The molecule has 5 rings (SSSR count). The van der Waals surface area contributed by atoms with Gasteiger partial charge in [0, 0.05) is 5.56 Å². The molecule has 0 atom stereocenters. The topological polar surface area (TPSA) is 105 Å². The van der Waals surface area contributed by atoms with Crippen molar-refractivity contribution in [1.82, 2.24) is 34.7 Å². The lowest BCUT2D eigenvalue weighted by atomic mass is 10.1. The summed E-state index contributed by atoms with van der Waals surface area (Å²) >= 11 is 0. The molecule has 0 unspecified atom stereocenters. The molecule has 31 heavy (non-hydrogen) atoms. The molecule has 10 heteroatoms. The minimum atomic E-state index is -0.359. The highest BCUT2D eigenvalue weighted by atomic mass is 19.1. The lowest BCUT2D eigenvalue weighted by Gasteiger charge is -2.06. The Hall–Kier alpha value is -4.21. The van der Waals surface area contributed by atoms with Gasteiger partial charge in [0.15, 0.2) is 11.2 Å². The zero-order valence-corrected chi connectivity index (χ0v) is 16.4. The molecule has 3 aromatic heterocycles. The Bertz CT molecular complexity index is 1440. The number of hydrogen-bond donors (Lipinski definition) is 0. The average molecular weight is 417 g/mol. The van der Waals surface area contributed by atoms with Crippen molar-refractivity contribution in [2.24, 2.45) is 0 Å². The molecule has 0 amide bonds. The van der Waals surface area contributed by atoms with E-state index in [0.29, 0.717) is 23.6 Å². The second-order valence-electron chi connectivity index (χ2n) is 7.04. The monoisotopic (exact) mass is 417 g/mol. The Morgan fingerprint density at radius 1 is 1.06 bits per heavy atom. The van der Waals surface area contributed by atoms with Crippen molar-refractivity contribution in [1.29, 1.82) is 0 Å². The van der Waals surface area contributed by atoms with E-state index in [1.165, 1.54) is 23.0 Å². The van der Waals surface area contributed by atoms with Crippen molar-refractivity contribution in [3.05, 3.63) is 88.0 Å². The molecule has 3 heterocycles. The third-order valence-electron chi connectivity index (χ3n) is 4.95. The molecule has 0 fully saturated rings. The van der Waals surface area contributed by atoms with E-state index in [-0.39, 0.29) is 29.3 Å². The molecule has 9 nitrogen and oxygen atoms in total. The van der Waals surface area contributed by atoms with Gasteiger partial charge in [-0.15, -0.1) is 5.10 Å². The van der Waals surface area contributed by atoms with Crippen LogP contribution in [0.4, 0.5) is 4.39 Å². The molecule has 0 saturated carbocycles. The van der Waals surface area contributed by atoms with Crippen LogP contribution in [0.15, 0.2) is 64.2 Å². The zero-order chi connectivity index (χ0) is 21.4. The second kappa shape index (κ2) is 7.56. The lowest BCUT2D eigenvalue weighted by molar-refractivity contribution is 0.369. The van der Waals surface area contributed by atoms with E-state index in [4.69, 9.17) is 4.52 Å². The normalized spacial score (nSPS) is 11.3. The number of nitrogens with zero attached hydrogens (tertiary/aromatic N) is 7. The Morgan fingerprint density at radius 2 is 1.87 bits per heavy atom. The Morgan fingerprint density at radius 3 is 2.68 bits per heavy atom. The van der Waals surface area contributed by atoms with Gasteiger partial charge < -0.3 is 4.52 Å². The molecule has 0 bridgehead atoms. The van der Waals surface area contributed by atoms with E-state index in [2.05, 4.69) is 25.4 Å². The predicted molar refractivity (Wildman–Crippen MR) is 109 cm³/mol. The van der Waals surface area contributed by atoms with Gasteiger partial charge in [-0.1, -0.05) is 34.6 Å². The molecular formula is C21H16FN7O2. The summed E-state index contributed by atoms with van der Waals surface area (Å²) in [6.45, 7) is 2.50. The first-order valence-electron chi connectivity index (χ1n) is 9.50. The quantitative estimate of drug-likeness (QED) is 0.433. The molecule has 0 aliphatic carbocycles. The van der Waals surface area contributed by atoms with Crippen LogP contribution in [0, 0.1) is 12.7 Å². The van der Waals surface area contributed by atoms with Gasteiger partial charge in [0.1, 0.15) is 18.7 Å². The average Bonchev–Trinajstić information content (AvgIpc) is 3.40. The molecule has 5 aromatic rings. The second-order valence-corrected chi connectivity index (χ2v) is 7.04. The fraction of sp³-hybridized carbons (Fsp3) is 0.143. The molecule has 0 N–H and O–H groups in total. The molecule has 0 aliphatic heterocycles. The van der Waals surface area contributed by atoms with E-state index in [1.807, 2.05) is 31.2 Å². The number of hydrogen-bond acceptors (Lipinski definition) is 7. The standard InChI is InChI=1S/C21H16FN7O2/c1-13-4-2-3-5-15(13)10-29-20-18(25-27-29)21(30)28(12-23-20)11-17-24-19(26-31-17)14-6-8-16(22)9-7-14/h2-9,12H,10-11H2,1H3. The third-order valence-corrected chi connectivity index (χ3v) is 4.95. The highest BCUT2D eigenvalue weighted by Gasteiger charge is 2.15. The lowest BCUT2D eigenvalue weighted by Crippen LogP contribution is -2.21. The van der Waals surface area contributed by atoms with E-state index in [0.717, 1.165) is 11.1 Å². The Labute approximate surface area is 174 Å². The van der Waals surface area contributed by atoms with E-state index in [9.17, 15) is 9.18 Å². The molecule has 0 radical (unpaired) electrons. The predicted octanol–water partition coefficient (Wildman–Crippen LogP) is 2.58. The molecule has 0 aliphatic rings. The number of rotatable bonds is 5. The number of benzene rings is 2. The van der Waals surface area contributed by atoms with Crippen LogP contribution >= 0.6 is 0 Å². The Balaban J connectivity index is 1.42. The van der Waals surface area contributed by atoms with Crippen molar-refractivity contribution in [3.8, 4) is 11.4 Å². The fourth-order valence-electron chi connectivity index (χ4n) is 3.24. The molecule has 154 valence electrons. The molecule has 2 aromatic carbocycles. The Kier molecular flexibility index (Phi) is 4.58. The maximum Gasteiger partial charge on any atom is 0.283 e. The first-order chi connectivity index (χ1) is 15.1. The van der Waals surface area contributed by atoms with Crippen LogP contribution in [0.2, 0.25) is 0 Å². The number of aryl methyl sites for hydroxylation is 1. The first-order valence-corrected chi connectivity index (χ1v) is 9.50. The van der Waals surface area contributed by atoms with Crippen molar-refractivity contribution in [2.75, 3.05) is 0 Å². The highest BCUT2D eigenvalue weighted by molar-refractivity contribution is 5.67. The van der Waals surface area contributed by atoms with Gasteiger partial charge in [0.25, 0.3) is 5.56 Å². The summed E-state index contributed by atoms with van der Waals surface area (Å²) in [7, 11) is 0. The van der Waals surface area contributed by atoms with Crippen LogP contribution in [0.5, 0.6) is 0 Å². The molecule has 0 saturated heterocycles. The molecule has 0 spiro atoms. The highest BCUT2D eigenvalue weighted by Crippen LogP contribution is 2.16. The molecular weight excluding hydrogens is 401 g/mol. The first kappa shape index (κ1) is 18.8. The minimum Gasteiger partial charge on any atom is -0.337 e. The van der Waals surface area contributed by atoms with Crippen LogP contribution in [0.3, 0.4) is 0 Å². The number of aromatic nitrogens is 7. The summed E-state index contributed by atoms with van der Waals surface area (Å²) in [5.41, 5.74) is 3.00. The van der Waals surface area contributed by atoms with Crippen LogP contribution in [0.1, 0.15) is 17.0 Å². The van der Waals surface area contributed by atoms with Gasteiger partial charge in [-0.2, -0.15) is 4.98 Å². The SMILES string of the molecule is Cc1ccccc1Cn1nnc2c(=O)n(Cc3nc(-c4ccc(F)cc4)no3)cnc21. The minimum absolute atomic E-state index is 0.0284. The zero-order valence-electron chi connectivity index (χ0n) is 16.4. The van der Waals surface area contributed by atoms with Crippen molar-refractivity contribution >= 4 is 11.2 Å². The summed E-state index contributed by atoms with van der Waals surface area (Å²) < 4.78 is 21.3. The van der Waals surface area contributed by atoms with Crippen LogP contribution in [-0.2, 0) is 13.1 Å². The maximum absolute atomic E-state index is 13.1.